The van der Waals surface area contributed by atoms with Crippen LogP contribution in [0.3, 0.4) is 0 Å². The van der Waals surface area contributed by atoms with Crippen LogP contribution >= 0.6 is 0 Å². The van der Waals surface area contributed by atoms with Crippen LogP contribution in [0.5, 0.6) is 0 Å². The van der Waals surface area contributed by atoms with Crippen LogP contribution in [0.25, 0.3) is 0 Å². The summed E-state index contributed by atoms with van der Waals surface area (Å²) in [5, 5.41) is 19.2. The fourth-order valence-electron chi connectivity index (χ4n) is 3.47. The summed E-state index contributed by atoms with van der Waals surface area (Å²) in [6.45, 7) is 0.703. The number of amides is 2. The van der Waals surface area contributed by atoms with E-state index in [1.165, 1.54) is 0 Å². The van der Waals surface area contributed by atoms with E-state index in [0.717, 1.165) is 5.69 Å². The Morgan fingerprint density at radius 1 is 1.41 bits per heavy atom. The van der Waals surface area contributed by atoms with Crippen molar-refractivity contribution in [3.05, 3.63) is 11.9 Å². The number of hydrogen-bond acceptors (Lipinski definition) is 7. The zero-order chi connectivity index (χ0) is 19.3. The van der Waals surface area contributed by atoms with E-state index in [2.05, 4.69) is 19.8 Å². The van der Waals surface area contributed by atoms with Crippen LogP contribution in [0.1, 0.15) is 31.4 Å². The van der Waals surface area contributed by atoms with Crippen molar-refractivity contribution in [2.75, 3.05) is 37.8 Å². The van der Waals surface area contributed by atoms with E-state index in [1.807, 2.05) is 0 Å². The maximum absolute atomic E-state index is 12.9. The second-order valence-electron chi connectivity index (χ2n) is 6.99. The number of aliphatic hydroxyl groups is 1. The van der Waals surface area contributed by atoms with Crippen molar-refractivity contribution in [3.8, 4) is 0 Å². The minimum Gasteiger partial charge on any atom is -0.387 e. The fourth-order valence-corrected chi connectivity index (χ4v) is 5.70. The number of aryl methyl sites for hydroxylation is 1. The molecule has 10 nitrogen and oxygen atoms in total. The summed E-state index contributed by atoms with van der Waals surface area (Å²) < 4.78 is 22.8. The van der Waals surface area contributed by atoms with Gasteiger partial charge in [-0.15, -0.1) is 0 Å². The summed E-state index contributed by atoms with van der Waals surface area (Å²) in [5.74, 6) is -0.108. The Kier molecular flexibility index (Phi) is 6.22. The van der Waals surface area contributed by atoms with E-state index in [-0.39, 0.29) is 29.7 Å². The van der Waals surface area contributed by atoms with E-state index < -0.39 is 21.9 Å². The molecule has 0 aliphatic carbocycles. The van der Waals surface area contributed by atoms with E-state index in [4.69, 9.17) is 9.84 Å². The van der Waals surface area contributed by atoms with Crippen molar-refractivity contribution >= 4 is 21.5 Å². The molecule has 0 radical (unpaired) electrons. The first-order chi connectivity index (χ1) is 12.9. The molecule has 1 aromatic rings. The molecule has 0 saturated carbocycles. The van der Waals surface area contributed by atoms with Gasteiger partial charge in [-0.2, -0.15) is 19.8 Å². The molecule has 0 aromatic carbocycles. The summed E-state index contributed by atoms with van der Waals surface area (Å²) in [4.78, 5) is 25.4. The van der Waals surface area contributed by atoms with Crippen LogP contribution in [-0.2, 0) is 30.5 Å². The third-order valence-electron chi connectivity index (χ3n) is 5.05. The van der Waals surface area contributed by atoms with Crippen LogP contribution in [0, 0.1) is 0 Å². The number of morpholine rings is 1. The molecular weight excluding hydrogens is 374 g/mol. The van der Waals surface area contributed by atoms with Gasteiger partial charge >= 0.3 is 0 Å². The minimum atomic E-state index is -2.58. The number of carbonyl (C=O) groups excluding carboxylic acids is 2. The van der Waals surface area contributed by atoms with Gasteiger partial charge in [-0.3, -0.25) is 9.59 Å². The lowest BCUT2D eigenvalue weighted by Gasteiger charge is -2.45. The number of aromatic amines is 1. The second-order valence-corrected chi connectivity index (χ2v) is 9.53. The molecule has 1 spiro atoms. The normalized spacial score (nSPS) is 28.3. The Labute approximate surface area is 157 Å². The van der Waals surface area contributed by atoms with Crippen molar-refractivity contribution in [1.29, 1.82) is 0 Å². The minimum absolute atomic E-state index is 0.226. The topological polar surface area (TPSA) is 138 Å². The van der Waals surface area contributed by atoms with Crippen molar-refractivity contribution in [2.45, 2.75) is 37.7 Å². The predicted octanol–water partition coefficient (Wildman–Crippen LogP) is -0.494. The Bertz CT molecular complexity index is 773. The van der Waals surface area contributed by atoms with Crippen LogP contribution in [0.2, 0.25) is 0 Å². The van der Waals surface area contributed by atoms with Crippen molar-refractivity contribution in [1.82, 2.24) is 20.3 Å². The second kappa shape index (κ2) is 8.44. The molecule has 150 valence electrons. The monoisotopic (exact) mass is 399 g/mol. The number of nitrogens with one attached hydrogen (secondary N) is 1. The maximum Gasteiger partial charge on any atom is 0.253 e. The maximum atomic E-state index is 12.9. The molecule has 0 unspecified atom stereocenters. The SMILES string of the molecule is O=C(CCCc1cn[nH]n1)N=S1(=O)CCC2(CC1)CN(C(=O)CO)CCO2. The molecule has 2 N–H and O–H groups in total. The highest BCUT2D eigenvalue weighted by molar-refractivity contribution is 7.93. The van der Waals surface area contributed by atoms with E-state index in [9.17, 15) is 13.8 Å². The lowest BCUT2D eigenvalue weighted by Crippen LogP contribution is -2.57. The zero-order valence-electron chi connectivity index (χ0n) is 15.1. The van der Waals surface area contributed by atoms with Gasteiger partial charge in [-0.1, -0.05) is 0 Å². The Morgan fingerprint density at radius 2 is 2.19 bits per heavy atom. The van der Waals surface area contributed by atoms with Gasteiger partial charge in [0.2, 0.25) is 5.91 Å². The van der Waals surface area contributed by atoms with Gasteiger partial charge in [0.15, 0.2) is 0 Å². The molecule has 2 aliphatic heterocycles. The fraction of sp³-hybridized carbons (Fsp3) is 0.750. The highest BCUT2D eigenvalue weighted by Crippen LogP contribution is 2.32. The number of H-pyrrole nitrogens is 1. The Morgan fingerprint density at radius 3 is 2.85 bits per heavy atom. The van der Waals surface area contributed by atoms with Crippen LogP contribution in [0.15, 0.2) is 10.6 Å². The third kappa shape index (κ3) is 5.11. The number of aromatic nitrogens is 3. The summed E-state index contributed by atoms with van der Waals surface area (Å²) in [5.41, 5.74) is 0.234. The van der Waals surface area contributed by atoms with Gasteiger partial charge in [0.05, 0.1) is 33.8 Å². The summed E-state index contributed by atoms with van der Waals surface area (Å²) in [7, 11) is -2.58. The van der Waals surface area contributed by atoms with E-state index >= 15 is 0 Å². The van der Waals surface area contributed by atoms with E-state index in [1.54, 1.807) is 11.1 Å². The first-order valence-electron chi connectivity index (χ1n) is 9.06. The number of carbonyl (C=O) groups is 2. The summed E-state index contributed by atoms with van der Waals surface area (Å²) in [6, 6.07) is 0. The van der Waals surface area contributed by atoms with Gasteiger partial charge < -0.3 is 14.7 Å². The molecular formula is C16H25N5O5S. The number of rotatable bonds is 5. The number of nitrogens with zero attached hydrogens (tertiary/aromatic N) is 4. The van der Waals surface area contributed by atoms with Crippen molar-refractivity contribution in [2.24, 2.45) is 4.36 Å². The van der Waals surface area contributed by atoms with Crippen molar-refractivity contribution < 1.29 is 23.6 Å². The van der Waals surface area contributed by atoms with Crippen LogP contribution in [-0.4, -0.2) is 84.9 Å². The van der Waals surface area contributed by atoms with Crippen LogP contribution in [0.4, 0.5) is 0 Å². The molecule has 3 heterocycles. The quantitative estimate of drug-likeness (QED) is 0.681. The molecule has 11 heteroatoms. The number of ether oxygens (including phenoxy) is 1. The van der Waals surface area contributed by atoms with Crippen LogP contribution < -0.4 is 0 Å². The molecule has 0 atom stereocenters. The van der Waals surface area contributed by atoms with Gasteiger partial charge in [0, 0.05) is 31.0 Å². The zero-order valence-corrected chi connectivity index (χ0v) is 15.9. The Hall–Kier alpha value is -1.85. The van der Waals surface area contributed by atoms with E-state index in [0.29, 0.717) is 45.4 Å². The summed E-state index contributed by atoms with van der Waals surface area (Å²) >= 11 is 0. The van der Waals surface area contributed by atoms with Gasteiger partial charge in [0.25, 0.3) is 5.91 Å². The highest BCUT2D eigenvalue weighted by Gasteiger charge is 2.42. The average Bonchev–Trinajstić information content (AvgIpc) is 3.18. The molecule has 27 heavy (non-hydrogen) atoms. The molecule has 2 saturated heterocycles. The molecule has 2 amide bonds. The molecule has 1 aromatic heterocycles. The number of aliphatic hydroxyl groups excluding tert-OH is 1. The summed E-state index contributed by atoms with van der Waals surface area (Å²) in [6.07, 6.45) is 4.00. The predicted molar refractivity (Wildman–Crippen MR) is 96.2 cm³/mol. The molecule has 0 bridgehead atoms. The lowest BCUT2D eigenvalue weighted by atomic mass is 9.94. The number of hydrogen-bond donors (Lipinski definition) is 2. The smallest absolute Gasteiger partial charge is 0.253 e. The van der Waals surface area contributed by atoms with Gasteiger partial charge in [-0.05, 0) is 25.7 Å². The highest BCUT2D eigenvalue weighted by atomic mass is 32.2. The molecule has 3 rings (SSSR count). The lowest BCUT2D eigenvalue weighted by molar-refractivity contribution is -0.154. The Balaban J connectivity index is 1.53. The van der Waals surface area contributed by atoms with Crippen molar-refractivity contribution in [3.63, 3.8) is 0 Å². The largest absolute Gasteiger partial charge is 0.387 e. The third-order valence-corrected chi connectivity index (χ3v) is 7.27. The van der Waals surface area contributed by atoms with Gasteiger partial charge in [0.1, 0.15) is 6.61 Å². The molecule has 2 aliphatic rings. The average molecular weight is 399 g/mol. The first kappa shape index (κ1) is 19.9. The first-order valence-corrected chi connectivity index (χ1v) is 10.9. The van der Waals surface area contributed by atoms with Gasteiger partial charge in [-0.25, -0.2) is 4.21 Å². The molecule has 2 fully saturated rings. The standard InChI is InChI=1S/C16H25N5O5S/c22-11-15(24)21-6-7-26-16(12-21)4-8-27(25,9-5-16)19-14(23)3-1-2-13-10-17-20-18-13/h10,22H,1-9,11-12H2,(H,17,18,20).